The number of hydrogen-bond donors (Lipinski definition) is 1. The van der Waals surface area contributed by atoms with E-state index in [1.807, 2.05) is 24.3 Å². The van der Waals surface area contributed by atoms with Crippen LogP contribution in [0.25, 0.3) is 0 Å². The predicted octanol–water partition coefficient (Wildman–Crippen LogP) is 2.86. The molecule has 1 saturated heterocycles. The van der Waals surface area contributed by atoms with Crippen LogP contribution in [0.15, 0.2) is 24.3 Å². The number of aromatic nitrogens is 3. The lowest BCUT2D eigenvalue weighted by Gasteiger charge is -2.32. The Balaban J connectivity index is 1.16. The van der Waals surface area contributed by atoms with E-state index in [1.54, 1.807) is 16.7 Å². The van der Waals surface area contributed by atoms with Crippen molar-refractivity contribution in [3.63, 3.8) is 0 Å². The Bertz CT molecular complexity index is 1010. The van der Waals surface area contributed by atoms with Gasteiger partial charge in [-0.15, -0.1) is 5.10 Å². The molecule has 1 atom stereocenters. The van der Waals surface area contributed by atoms with Gasteiger partial charge in [-0.05, 0) is 43.4 Å². The molecule has 34 heavy (non-hydrogen) atoms. The SMILES string of the molecule is COc1ccc([C@H]2Cn3nnc(C(=O)N4CCC(C(=O)NC5CCCCC5)CC4)c3CO2)cc1. The molecule has 182 valence electrons. The second-order valence-corrected chi connectivity index (χ2v) is 9.55. The molecule has 2 amide bonds. The van der Waals surface area contributed by atoms with Crippen molar-refractivity contribution in [2.75, 3.05) is 20.2 Å². The number of hydrogen-bond acceptors (Lipinski definition) is 6. The molecule has 0 unspecified atom stereocenters. The average Bonchev–Trinajstić information content (AvgIpc) is 3.32. The molecular formula is C25H33N5O4. The van der Waals surface area contributed by atoms with Crippen LogP contribution in [0.3, 0.4) is 0 Å². The van der Waals surface area contributed by atoms with Crippen LogP contribution in [-0.2, 0) is 22.7 Å². The van der Waals surface area contributed by atoms with Crippen molar-refractivity contribution in [3.05, 3.63) is 41.2 Å². The zero-order valence-electron chi connectivity index (χ0n) is 19.7. The first-order valence-electron chi connectivity index (χ1n) is 12.4. The van der Waals surface area contributed by atoms with Gasteiger partial charge in [-0.25, -0.2) is 4.68 Å². The Labute approximate surface area is 199 Å². The first-order chi connectivity index (χ1) is 16.6. The zero-order valence-corrected chi connectivity index (χ0v) is 19.7. The molecule has 0 radical (unpaired) electrons. The number of nitrogens with one attached hydrogen (secondary N) is 1. The highest BCUT2D eigenvalue weighted by Crippen LogP contribution is 2.29. The molecule has 3 heterocycles. The standard InChI is InChI=1S/C25H33N5O4/c1-33-20-9-7-17(8-10-20)22-15-30-21(16-34-22)23(27-28-30)25(32)29-13-11-18(12-14-29)24(31)26-19-5-3-2-4-6-19/h7-10,18-19,22H,2-6,11-16H2,1H3,(H,26,31)/t22-/m1/s1. The maximum Gasteiger partial charge on any atom is 0.276 e. The van der Waals surface area contributed by atoms with Crippen LogP contribution in [0.2, 0.25) is 0 Å². The first-order valence-corrected chi connectivity index (χ1v) is 12.4. The molecule has 1 saturated carbocycles. The molecule has 2 fully saturated rings. The fourth-order valence-corrected chi connectivity index (χ4v) is 5.26. The number of ether oxygens (including phenoxy) is 2. The van der Waals surface area contributed by atoms with Gasteiger partial charge in [-0.2, -0.15) is 0 Å². The number of methoxy groups -OCH3 is 1. The highest BCUT2D eigenvalue weighted by atomic mass is 16.5. The van der Waals surface area contributed by atoms with Crippen LogP contribution >= 0.6 is 0 Å². The van der Waals surface area contributed by atoms with Crippen molar-refractivity contribution < 1.29 is 19.1 Å². The number of fused-ring (bicyclic) bond motifs is 1. The summed E-state index contributed by atoms with van der Waals surface area (Å²) in [5, 5.41) is 11.7. The Hall–Kier alpha value is -2.94. The summed E-state index contributed by atoms with van der Waals surface area (Å²) >= 11 is 0. The van der Waals surface area contributed by atoms with E-state index < -0.39 is 0 Å². The van der Waals surface area contributed by atoms with Crippen molar-refractivity contribution in [2.24, 2.45) is 5.92 Å². The van der Waals surface area contributed by atoms with Crippen molar-refractivity contribution >= 4 is 11.8 Å². The van der Waals surface area contributed by atoms with E-state index in [2.05, 4.69) is 15.6 Å². The fraction of sp³-hybridized carbons (Fsp3) is 0.600. The topological polar surface area (TPSA) is 98.6 Å². The van der Waals surface area contributed by atoms with Gasteiger partial charge in [-0.3, -0.25) is 9.59 Å². The van der Waals surface area contributed by atoms with Gasteiger partial charge in [0.1, 0.15) is 11.9 Å². The Morgan fingerprint density at radius 2 is 1.79 bits per heavy atom. The number of likely N-dealkylation sites (tertiary alicyclic amines) is 1. The van der Waals surface area contributed by atoms with Gasteiger partial charge in [-0.1, -0.05) is 36.6 Å². The molecule has 1 N–H and O–H groups in total. The van der Waals surface area contributed by atoms with Crippen LogP contribution in [0.5, 0.6) is 5.75 Å². The van der Waals surface area contributed by atoms with Crippen LogP contribution < -0.4 is 10.1 Å². The molecule has 5 rings (SSSR count). The summed E-state index contributed by atoms with van der Waals surface area (Å²) in [7, 11) is 1.64. The molecule has 1 aliphatic carbocycles. The maximum absolute atomic E-state index is 13.2. The third-order valence-corrected chi connectivity index (χ3v) is 7.39. The molecule has 1 aromatic heterocycles. The van der Waals surface area contributed by atoms with Crippen molar-refractivity contribution in [3.8, 4) is 5.75 Å². The van der Waals surface area contributed by atoms with E-state index in [1.165, 1.54) is 19.3 Å². The van der Waals surface area contributed by atoms with E-state index in [9.17, 15) is 9.59 Å². The lowest BCUT2D eigenvalue weighted by Crippen LogP contribution is -2.46. The third kappa shape index (κ3) is 4.80. The lowest BCUT2D eigenvalue weighted by atomic mass is 9.92. The number of piperidine rings is 1. The molecule has 3 aliphatic rings. The Kier molecular flexibility index (Phi) is 6.80. The monoisotopic (exact) mass is 467 g/mol. The van der Waals surface area contributed by atoms with Gasteiger partial charge < -0.3 is 19.7 Å². The molecule has 9 heteroatoms. The molecule has 9 nitrogen and oxygen atoms in total. The van der Waals surface area contributed by atoms with Gasteiger partial charge in [0, 0.05) is 25.0 Å². The molecule has 0 bridgehead atoms. The summed E-state index contributed by atoms with van der Waals surface area (Å²) in [6.07, 6.45) is 7.06. The second kappa shape index (κ2) is 10.1. The summed E-state index contributed by atoms with van der Waals surface area (Å²) in [5.41, 5.74) is 2.11. The lowest BCUT2D eigenvalue weighted by molar-refractivity contribution is -0.127. The minimum Gasteiger partial charge on any atom is -0.497 e. The van der Waals surface area contributed by atoms with Crippen LogP contribution in [0.4, 0.5) is 0 Å². The van der Waals surface area contributed by atoms with E-state index in [0.29, 0.717) is 49.9 Å². The Morgan fingerprint density at radius 3 is 2.50 bits per heavy atom. The van der Waals surface area contributed by atoms with E-state index in [0.717, 1.165) is 24.2 Å². The van der Waals surface area contributed by atoms with Gasteiger partial charge in [0.05, 0.1) is 26.0 Å². The largest absolute Gasteiger partial charge is 0.497 e. The van der Waals surface area contributed by atoms with Gasteiger partial charge in [0.2, 0.25) is 5.91 Å². The molecule has 2 aliphatic heterocycles. The van der Waals surface area contributed by atoms with E-state index in [-0.39, 0.29) is 30.4 Å². The van der Waals surface area contributed by atoms with Crippen LogP contribution in [0.1, 0.15) is 72.8 Å². The minimum absolute atomic E-state index is 0.0198. The predicted molar refractivity (Wildman–Crippen MR) is 124 cm³/mol. The molecule has 0 spiro atoms. The van der Waals surface area contributed by atoms with Gasteiger partial charge >= 0.3 is 0 Å². The minimum atomic E-state index is -0.151. The van der Waals surface area contributed by atoms with Gasteiger partial charge in [0.25, 0.3) is 5.91 Å². The summed E-state index contributed by atoms with van der Waals surface area (Å²) in [4.78, 5) is 27.7. The highest BCUT2D eigenvalue weighted by molar-refractivity contribution is 5.93. The smallest absolute Gasteiger partial charge is 0.276 e. The summed E-state index contributed by atoms with van der Waals surface area (Å²) in [5.74, 6) is 0.801. The maximum atomic E-state index is 13.2. The van der Waals surface area contributed by atoms with E-state index >= 15 is 0 Å². The highest BCUT2D eigenvalue weighted by Gasteiger charge is 2.33. The van der Waals surface area contributed by atoms with Gasteiger partial charge in [0.15, 0.2) is 5.69 Å². The second-order valence-electron chi connectivity index (χ2n) is 9.55. The quantitative estimate of drug-likeness (QED) is 0.726. The summed E-state index contributed by atoms with van der Waals surface area (Å²) < 4.78 is 13.1. The van der Waals surface area contributed by atoms with Crippen LogP contribution in [-0.4, -0.2) is 57.9 Å². The molecule has 2 aromatic rings. The number of amides is 2. The molecule has 1 aromatic carbocycles. The normalized spacial score (nSPS) is 21.7. The number of nitrogens with zero attached hydrogens (tertiary/aromatic N) is 4. The molecular weight excluding hydrogens is 434 g/mol. The summed E-state index contributed by atoms with van der Waals surface area (Å²) in [6, 6.07) is 8.09. The third-order valence-electron chi connectivity index (χ3n) is 7.39. The van der Waals surface area contributed by atoms with E-state index in [4.69, 9.17) is 9.47 Å². The van der Waals surface area contributed by atoms with Crippen molar-refractivity contribution in [1.82, 2.24) is 25.2 Å². The van der Waals surface area contributed by atoms with Crippen molar-refractivity contribution in [1.29, 1.82) is 0 Å². The number of carbonyl (C=O) groups excluding carboxylic acids is 2. The number of benzene rings is 1. The zero-order chi connectivity index (χ0) is 23.5. The summed E-state index contributed by atoms with van der Waals surface area (Å²) in [6.45, 7) is 1.91. The Morgan fingerprint density at radius 1 is 1.06 bits per heavy atom. The average molecular weight is 468 g/mol. The number of carbonyl (C=O) groups is 2. The van der Waals surface area contributed by atoms with Crippen molar-refractivity contribution in [2.45, 2.75) is 70.2 Å². The number of rotatable bonds is 5. The fourth-order valence-electron chi connectivity index (χ4n) is 5.26. The first kappa shape index (κ1) is 22.8. The van der Waals surface area contributed by atoms with Crippen LogP contribution in [0, 0.1) is 5.92 Å².